The molecule has 2 aromatic carbocycles. The molecule has 0 aliphatic heterocycles. The average Bonchev–Trinajstić information content (AvgIpc) is 3.30. The predicted molar refractivity (Wildman–Crippen MR) is 132 cm³/mol. The van der Waals surface area contributed by atoms with Crippen molar-refractivity contribution in [3.8, 4) is 5.75 Å². The number of halogens is 1. The van der Waals surface area contributed by atoms with E-state index in [1.165, 1.54) is 15.9 Å². The zero-order chi connectivity index (χ0) is 23.4. The summed E-state index contributed by atoms with van der Waals surface area (Å²) in [5, 5.41) is 5.16. The van der Waals surface area contributed by atoms with Gasteiger partial charge < -0.3 is 10.1 Å². The summed E-state index contributed by atoms with van der Waals surface area (Å²) in [6.07, 6.45) is 0.519. The lowest BCUT2D eigenvalue weighted by Crippen LogP contribution is -2.40. The van der Waals surface area contributed by atoms with Gasteiger partial charge in [-0.15, -0.1) is 11.3 Å². The molecular weight excluding hydrogens is 462 g/mol. The summed E-state index contributed by atoms with van der Waals surface area (Å²) in [4.78, 5) is 38.5. The molecular formula is C24H22ClN3O4S. The largest absolute Gasteiger partial charge is 0.497 e. The number of carbonyl (C=O) groups is 1. The number of nitrogens with zero attached hydrogens (tertiary/aromatic N) is 2. The number of methoxy groups -OCH3 is 1. The van der Waals surface area contributed by atoms with Gasteiger partial charge in [0.05, 0.1) is 19.2 Å². The zero-order valence-electron chi connectivity index (χ0n) is 17.9. The van der Waals surface area contributed by atoms with Crippen LogP contribution in [0.15, 0.2) is 69.6 Å². The van der Waals surface area contributed by atoms with Gasteiger partial charge >= 0.3 is 5.69 Å². The minimum atomic E-state index is -0.415. The number of hydrogen-bond acceptors (Lipinski definition) is 5. The van der Waals surface area contributed by atoms with Gasteiger partial charge in [0, 0.05) is 23.7 Å². The Morgan fingerprint density at radius 1 is 1.06 bits per heavy atom. The maximum absolute atomic E-state index is 13.2. The van der Waals surface area contributed by atoms with Gasteiger partial charge in [-0.3, -0.25) is 18.7 Å². The molecule has 0 atom stereocenters. The van der Waals surface area contributed by atoms with Crippen LogP contribution in [0.3, 0.4) is 0 Å². The van der Waals surface area contributed by atoms with E-state index in [2.05, 4.69) is 5.32 Å². The van der Waals surface area contributed by atoms with Gasteiger partial charge in [-0.25, -0.2) is 4.79 Å². The van der Waals surface area contributed by atoms with E-state index in [-0.39, 0.29) is 31.0 Å². The van der Waals surface area contributed by atoms with Crippen molar-refractivity contribution in [1.29, 1.82) is 0 Å². The predicted octanol–water partition coefficient (Wildman–Crippen LogP) is 4.35. The van der Waals surface area contributed by atoms with Crippen molar-refractivity contribution in [2.24, 2.45) is 0 Å². The molecule has 0 aliphatic rings. The molecule has 0 spiro atoms. The highest BCUT2D eigenvalue weighted by molar-refractivity contribution is 7.17. The standard InChI is InChI=1S/C24H22ClN3O4S/c1-32-18-10-8-17(9-11-18)26-21(29)7-4-13-27-23(30)22-20(12-14-33-22)28(24(27)31)15-16-5-2-3-6-19(16)25/h2-3,5-6,8-12,14H,4,7,13,15H2,1H3,(H,26,29). The Balaban J connectivity index is 1.51. The van der Waals surface area contributed by atoms with E-state index >= 15 is 0 Å². The molecule has 4 aromatic rings. The van der Waals surface area contributed by atoms with Crippen molar-refractivity contribution in [2.45, 2.75) is 25.9 Å². The molecule has 0 fully saturated rings. The van der Waals surface area contributed by atoms with Crippen LogP contribution in [-0.2, 0) is 17.9 Å². The third-order valence-electron chi connectivity index (χ3n) is 5.28. The molecule has 170 valence electrons. The fourth-order valence-corrected chi connectivity index (χ4v) is 4.61. The highest BCUT2D eigenvalue weighted by Gasteiger charge is 2.15. The Labute approximate surface area is 198 Å². The van der Waals surface area contributed by atoms with Crippen LogP contribution >= 0.6 is 22.9 Å². The molecule has 2 heterocycles. The van der Waals surface area contributed by atoms with Gasteiger partial charge in [0.15, 0.2) is 0 Å². The van der Waals surface area contributed by atoms with Crippen LogP contribution in [0.5, 0.6) is 5.75 Å². The fourth-order valence-electron chi connectivity index (χ4n) is 3.58. The summed E-state index contributed by atoms with van der Waals surface area (Å²) < 4.78 is 8.38. The topological polar surface area (TPSA) is 82.3 Å². The number of fused-ring (bicyclic) bond motifs is 1. The van der Waals surface area contributed by atoms with Gasteiger partial charge in [0.25, 0.3) is 5.56 Å². The van der Waals surface area contributed by atoms with Crippen LogP contribution in [0, 0.1) is 0 Å². The Morgan fingerprint density at radius 2 is 1.82 bits per heavy atom. The summed E-state index contributed by atoms with van der Waals surface area (Å²) >= 11 is 7.59. The third-order valence-corrected chi connectivity index (χ3v) is 6.54. The first-order valence-electron chi connectivity index (χ1n) is 10.4. The van der Waals surface area contributed by atoms with Crippen molar-refractivity contribution in [3.05, 3.63) is 91.4 Å². The Kier molecular flexibility index (Phi) is 6.96. The van der Waals surface area contributed by atoms with Crippen LogP contribution in [0.25, 0.3) is 10.2 Å². The average molecular weight is 484 g/mol. The van der Waals surface area contributed by atoms with Crippen molar-refractivity contribution in [2.75, 3.05) is 12.4 Å². The number of thiophene rings is 1. The summed E-state index contributed by atoms with van der Waals surface area (Å²) in [7, 11) is 1.57. The molecule has 0 bridgehead atoms. The van der Waals surface area contributed by atoms with Crippen LogP contribution in [0.4, 0.5) is 5.69 Å². The second kappa shape index (κ2) is 10.1. The Hall–Kier alpha value is -3.36. The molecule has 7 nitrogen and oxygen atoms in total. The summed E-state index contributed by atoms with van der Waals surface area (Å²) in [5.41, 5.74) is 1.28. The van der Waals surface area contributed by atoms with Gasteiger partial charge in [-0.1, -0.05) is 29.8 Å². The molecule has 33 heavy (non-hydrogen) atoms. The highest BCUT2D eigenvalue weighted by atomic mass is 35.5. The maximum atomic E-state index is 13.2. The van der Waals surface area contributed by atoms with E-state index in [4.69, 9.17) is 16.3 Å². The van der Waals surface area contributed by atoms with E-state index in [1.807, 2.05) is 18.2 Å². The molecule has 1 N–H and O–H groups in total. The third kappa shape index (κ3) is 5.02. The normalized spacial score (nSPS) is 11.0. The number of carbonyl (C=O) groups excluding carboxylic acids is 1. The number of rotatable bonds is 8. The number of benzene rings is 2. The first kappa shape index (κ1) is 22.8. The smallest absolute Gasteiger partial charge is 0.331 e. The summed E-state index contributed by atoms with van der Waals surface area (Å²) in [5.74, 6) is 0.506. The van der Waals surface area contributed by atoms with Crippen LogP contribution in [0.1, 0.15) is 18.4 Å². The maximum Gasteiger partial charge on any atom is 0.331 e. The van der Waals surface area contributed by atoms with Gasteiger partial charge in [-0.05, 0) is 53.8 Å². The minimum absolute atomic E-state index is 0.143. The van der Waals surface area contributed by atoms with E-state index in [9.17, 15) is 14.4 Å². The molecule has 0 saturated heterocycles. The molecule has 0 aliphatic carbocycles. The number of ether oxygens (including phenoxy) is 1. The number of anilines is 1. The minimum Gasteiger partial charge on any atom is -0.497 e. The lowest BCUT2D eigenvalue weighted by Gasteiger charge is -2.13. The molecule has 4 rings (SSSR count). The Bertz CT molecular complexity index is 1410. The molecule has 0 unspecified atom stereocenters. The first-order chi connectivity index (χ1) is 16.0. The molecule has 1 amide bonds. The van der Waals surface area contributed by atoms with E-state index in [0.29, 0.717) is 33.1 Å². The van der Waals surface area contributed by atoms with Crippen LogP contribution < -0.4 is 21.3 Å². The SMILES string of the molecule is COc1ccc(NC(=O)CCCn2c(=O)c3sccc3n(Cc3ccccc3Cl)c2=O)cc1. The second-order valence-electron chi connectivity index (χ2n) is 7.43. The fraction of sp³-hybridized carbons (Fsp3) is 0.208. The number of amides is 1. The second-order valence-corrected chi connectivity index (χ2v) is 8.76. The Morgan fingerprint density at radius 3 is 2.55 bits per heavy atom. The van der Waals surface area contributed by atoms with Crippen molar-refractivity contribution >= 4 is 44.7 Å². The monoisotopic (exact) mass is 483 g/mol. The zero-order valence-corrected chi connectivity index (χ0v) is 19.5. The number of aromatic nitrogens is 2. The van der Waals surface area contributed by atoms with Crippen molar-refractivity contribution in [1.82, 2.24) is 9.13 Å². The lowest BCUT2D eigenvalue weighted by molar-refractivity contribution is -0.116. The van der Waals surface area contributed by atoms with Gasteiger partial charge in [0.1, 0.15) is 10.4 Å². The van der Waals surface area contributed by atoms with E-state index in [0.717, 1.165) is 5.56 Å². The quantitative estimate of drug-likeness (QED) is 0.404. The number of hydrogen-bond donors (Lipinski definition) is 1. The van der Waals surface area contributed by atoms with Crippen LogP contribution in [0.2, 0.25) is 5.02 Å². The molecule has 0 saturated carbocycles. The van der Waals surface area contributed by atoms with Gasteiger partial charge in [0.2, 0.25) is 5.91 Å². The summed E-state index contributed by atoms with van der Waals surface area (Å²) in [6.45, 7) is 0.397. The molecule has 9 heteroatoms. The van der Waals surface area contributed by atoms with Crippen molar-refractivity contribution in [3.63, 3.8) is 0 Å². The van der Waals surface area contributed by atoms with E-state index in [1.54, 1.807) is 53.5 Å². The first-order valence-corrected chi connectivity index (χ1v) is 11.6. The van der Waals surface area contributed by atoms with Crippen molar-refractivity contribution < 1.29 is 9.53 Å². The van der Waals surface area contributed by atoms with E-state index < -0.39 is 5.69 Å². The number of nitrogens with one attached hydrogen (secondary N) is 1. The van der Waals surface area contributed by atoms with Crippen LogP contribution in [-0.4, -0.2) is 22.2 Å². The summed E-state index contributed by atoms with van der Waals surface area (Å²) in [6, 6.07) is 16.1. The highest BCUT2D eigenvalue weighted by Crippen LogP contribution is 2.20. The molecule has 0 radical (unpaired) electrons. The lowest BCUT2D eigenvalue weighted by atomic mass is 10.2. The molecule has 2 aromatic heterocycles. The van der Waals surface area contributed by atoms with Gasteiger partial charge in [-0.2, -0.15) is 0 Å².